The van der Waals surface area contributed by atoms with Crippen molar-refractivity contribution in [3.63, 3.8) is 0 Å². The van der Waals surface area contributed by atoms with E-state index >= 15 is 0 Å². The fourth-order valence-corrected chi connectivity index (χ4v) is 4.11. The summed E-state index contributed by atoms with van der Waals surface area (Å²) >= 11 is 6.41. The van der Waals surface area contributed by atoms with Gasteiger partial charge in [-0.1, -0.05) is 35.9 Å². The van der Waals surface area contributed by atoms with Gasteiger partial charge >= 0.3 is 0 Å². The van der Waals surface area contributed by atoms with Gasteiger partial charge in [-0.25, -0.2) is 4.99 Å². The highest BCUT2D eigenvalue weighted by atomic mass is 35.5. The molecule has 2 aliphatic heterocycles. The quantitative estimate of drug-likeness (QED) is 0.733. The first-order valence-corrected chi connectivity index (χ1v) is 10.0. The van der Waals surface area contributed by atoms with Crippen molar-refractivity contribution >= 4 is 28.8 Å². The topological polar surface area (TPSA) is 78.0 Å². The minimum absolute atomic E-state index is 0.141. The number of nitrogens with zero attached hydrogens (tertiary/aromatic N) is 3. The van der Waals surface area contributed by atoms with Gasteiger partial charge in [0.1, 0.15) is 0 Å². The molecule has 1 fully saturated rings. The summed E-state index contributed by atoms with van der Waals surface area (Å²) in [6, 6.07) is 8.14. The Balaban J connectivity index is 1.49. The number of hydrazine groups is 1. The Hall–Kier alpha value is -2.73. The second-order valence-electron chi connectivity index (χ2n) is 7.01. The fraction of sp³-hybridized carbons (Fsp3) is 0.333. The Morgan fingerprint density at radius 2 is 2.29 bits per heavy atom. The number of fused-ring (bicyclic) bond motifs is 1. The lowest BCUT2D eigenvalue weighted by molar-refractivity contribution is 0.319. The molecule has 1 aromatic carbocycles. The van der Waals surface area contributed by atoms with Crippen molar-refractivity contribution < 1.29 is 0 Å². The highest BCUT2D eigenvalue weighted by molar-refractivity contribution is 6.32. The van der Waals surface area contributed by atoms with Gasteiger partial charge in [0.05, 0.1) is 0 Å². The predicted octanol–water partition coefficient (Wildman–Crippen LogP) is 3.20. The lowest BCUT2D eigenvalue weighted by Gasteiger charge is -2.28. The summed E-state index contributed by atoms with van der Waals surface area (Å²) < 4.78 is 0. The van der Waals surface area contributed by atoms with E-state index in [1.807, 2.05) is 41.6 Å². The van der Waals surface area contributed by atoms with Crippen LogP contribution in [0.25, 0.3) is 5.57 Å². The number of allylic oxidation sites excluding steroid dienone is 2. The van der Waals surface area contributed by atoms with Gasteiger partial charge in [-0.2, -0.15) is 0 Å². The number of guanidine groups is 1. The molecule has 0 bridgehead atoms. The number of hydrogen-bond donors (Lipinski definition) is 3. The van der Waals surface area contributed by atoms with Gasteiger partial charge in [0, 0.05) is 40.7 Å². The van der Waals surface area contributed by atoms with Gasteiger partial charge in [-0.15, -0.1) is 0 Å². The van der Waals surface area contributed by atoms with Crippen LogP contribution in [0.15, 0.2) is 64.4 Å². The van der Waals surface area contributed by atoms with E-state index < -0.39 is 0 Å². The summed E-state index contributed by atoms with van der Waals surface area (Å²) in [5.41, 5.74) is 13.5. The highest BCUT2D eigenvalue weighted by Gasteiger charge is 2.32. The third-order valence-electron chi connectivity index (χ3n) is 5.19. The molecule has 2 heterocycles. The number of nitrogens with two attached hydrogens (primary N) is 1. The zero-order valence-electron chi connectivity index (χ0n) is 15.9. The highest BCUT2D eigenvalue weighted by Crippen LogP contribution is 2.32. The lowest BCUT2D eigenvalue weighted by atomic mass is 9.89. The van der Waals surface area contributed by atoms with Gasteiger partial charge in [0.15, 0.2) is 6.17 Å². The van der Waals surface area contributed by atoms with Gasteiger partial charge in [0.2, 0.25) is 5.96 Å². The van der Waals surface area contributed by atoms with E-state index in [4.69, 9.17) is 22.3 Å². The number of aliphatic imine (C=N–C) groups is 2. The van der Waals surface area contributed by atoms with Crippen LogP contribution >= 0.6 is 11.6 Å². The Labute approximate surface area is 170 Å². The molecule has 0 aromatic heterocycles. The number of nitrogens with one attached hydrogen (secondary N) is 2. The molecule has 1 aromatic rings. The number of rotatable bonds is 3. The monoisotopic (exact) mass is 396 g/mol. The third-order valence-corrected chi connectivity index (χ3v) is 5.52. The smallest absolute Gasteiger partial charge is 0.213 e. The zero-order valence-corrected chi connectivity index (χ0v) is 16.7. The molecule has 2 unspecified atom stereocenters. The average molecular weight is 397 g/mol. The molecule has 0 amide bonds. The molecular formula is C21H25ClN6. The normalized spacial score (nSPS) is 26.7. The van der Waals surface area contributed by atoms with Crippen molar-refractivity contribution in [1.82, 2.24) is 15.8 Å². The van der Waals surface area contributed by atoms with Crippen molar-refractivity contribution in [2.24, 2.45) is 15.7 Å². The first-order valence-electron chi connectivity index (χ1n) is 9.66. The van der Waals surface area contributed by atoms with Crippen molar-refractivity contribution in [2.75, 3.05) is 6.54 Å². The van der Waals surface area contributed by atoms with E-state index in [9.17, 15) is 0 Å². The average Bonchev–Trinajstić information content (AvgIpc) is 3.12. The second-order valence-corrected chi connectivity index (χ2v) is 7.42. The molecule has 4 rings (SSSR count). The van der Waals surface area contributed by atoms with E-state index in [2.05, 4.69) is 28.7 Å². The second kappa shape index (κ2) is 8.10. The van der Waals surface area contributed by atoms with Crippen LogP contribution in [-0.4, -0.2) is 35.4 Å². The summed E-state index contributed by atoms with van der Waals surface area (Å²) in [4.78, 5) is 9.44. The Kier molecular flexibility index (Phi) is 5.39. The summed E-state index contributed by atoms with van der Waals surface area (Å²) in [6.07, 6.45) is 10.4. The van der Waals surface area contributed by atoms with Crippen LogP contribution in [-0.2, 0) is 0 Å². The molecule has 0 radical (unpaired) electrons. The van der Waals surface area contributed by atoms with Crippen molar-refractivity contribution in [2.45, 2.75) is 38.4 Å². The van der Waals surface area contributed by atoms with Crippen molar-refractivity contribution in [1.29, 1.82) is 0 Å². The molecule has 146 valence electrons. The van der Waals surface area contributed by atoms with Gasteiger partial charge in [0.25, 0.3) is 0 Å². The summed E-state index contributed by atoms with van der Waals surface area (Å²) in [6.45, 7) is 2.84. The lowest BCUT2D eigenvalue weighted by Crippen LogP contribution is -2.47. The molecule has 0 spiro atoms. The first kappa shape index (κ1) is 18.6. The largest absolute Gasteiger partial charge is 0.404 e. The molecule has 28 heavy (non-hydrogen) atoms. The van der Waals surface area contributed by atoms with Crippen LogP contribution in [0.5, 0.6) is 0 Å². The summed E-state index contributed by atoms with van der Waals surface area (Å²) in [5.74, 6) is 0.770. The zero-order chi connectivity index (χ0) is 19.5. The maximum absolute atomic E-state index is 6.41. The van der Waals surface area contributed by atoms with Gasteiger partial charge in [-0.3, -0.25) is 15.4 Å². The Morgan fingerprint density at radius 1 is 1.43 bits per heavy atom. The number of hydrogen-bond acceptors (Lipinski definition) is 6. The fourth-order valence-electron chi connectivity index (χ4n) is 3.86. The van der Waals surface area contributed by atoms with Crippen LogP contribution in [0.4, 0.5) is 0 Å². The summed E-state index contributed by atoms with van der Waals surface area (Å²) in [7, 11) is 0. The Bertz CT molecular complexity index is 898. The van der Waals surface area contributed by atoms with Crippen molar-refractivity contribution in [3.05, 3.63) is 65.0 Å². The Morgan fingerprint density at radius 3 is 3.07 bits per heavy atom. The van der Waals surface area contributed by atoms with Gasteiger partial charge < -0.3 is 11.1 Å². The molecule has 6 nitrogen and oxygen atoms in total. The maximum Gasteiger partial charge on any atom is 0.213 e. The van der Waals surface area contributed by atoms with E-state index in [1.54, 1.807) is 6.20 Å². The van der Waals surface area contributed by atoms with Crippen LogP contribution < -0.4 is 16.5 Å². The number of halogens is 1. The third kappa shape index (κ3) is 3.64. The molecule has 0 saturated heterocycles. The standard InChI is InChI=1S/C21H25ClN6/c1-2-24-19-10-9-15(12-14(19)13-23)25-21-26-20-17(7-5-11-28(20)27-21)16-6-3-4-8-18(16)22/h3-8,11,13,15,20H,2,9-10,12,23H2,1H3,(H2,25,26,27). The minimum atomic E-state index is -0.141. The molecule has 2 atom stereocenters. The van der Waals surface area contributed by atoms with E-state index in [1.165, 1.54) is 0 Å². The van der Waals surface area contributed by atoms with Crippen LogP contribution in [0, 0.1) is 0 Å². The van der Waals surface area contributed by atoms with Crippen molar-refractivity contribution in [3.8, 4) is 0 Å². The minimum Gasteiger partial charge on any atom is -0.404 e. The maximum atomic E-state index is 6.41. The molecule has 1 aliphatic carbocycles. The van der Waals surface area contributed by atoms with Crippen LogP contribution in [0.3, 0.4) is 0 Å². The molecule has 4 N–H and O–H groups in total. The first-order chi connectivity index (χ1) is 13.7. The SMILES string of the molecule is CCN=C1CCC(NC2=NC3C(c4ccccc4Cl)=CC=CN3N2)CC1=CN. The van der Waals surface area contributed by atoms with E-state index in [-0.39, 0.29) is 12.2 Å². The summed E-state index contributed by atoms with van der Waals surface area (Å²) in [5, 5.41) is 6.26. The van der Waals surface area contributed by atoms with Crippen LogP contribution in [0.2, 0.25) is 5.02 Å². The van der Waals surface area contributed by atoms with Gasteiger partial charge in [-0.05, 0) is 50.1 Å². The molecule has 3 aliphatic rings. The van der Waals surface area contributed by atoms with E-state index in [0.717, 1.165) is 59.2 Å². The molecule has 7 heteroatoms. The predicted molar refractivity (Wildman–Crippen MR) is 116 cm³/mol. The molecular weight excluding hydrogens is 372 g/mol. The van der Waals surface area contributed by atoms with E-state index in [0.29, 0.717) is 0 Å². The number of benzene rings is 1. The molecule has 1 saturated carbocycles. The van der Waals surface area contributed by atoms with Crippen LogP contribution in [0.1, 0.15) is 31.7 Å².